The van der Waals surface area contributed by atoms with Crippen molar-refractivity contribution in [2.75, 3.05) is 25.6 Å². The first-order chi connectivity index (χ1) is 9.22. The molecule has 0 saturated carbocycles. The Morgan fingerprint density at radius 2 is 2.42 bits per heavy atom. The van der Waals surface area contributed by atoms with Gasteiger partial charge in [0.25, 0.3) is 0 Å². The Bertz CT molecular complexity index is 604. The highest BCUT2D eigenvalue weighted by Gasteiger charge is 2.28. The summed E-state index contributed by atoms with van der Waals surface area (Å²) in [6.07, 6.45) is 0.575. The van der Waals surface area contributed by atoms with Gasteiger partial charge in [-0.1, -0.05) is 0 Å². The lowest BCUT2D eigenvalue weighted by atomic mass is 10.5. The van der Waals surface area contributed by atoms with Crippen LogP contribution >= 0.6 is 11.6 Å². The van der Waals surface area contributed by atoms with Crippen LogP contribution in [0.4, 0.5) is 5.82 Å². The second-order valence-electron chi connectivity index (χ2n) is 3.95. The van der Waals surface area contributed by atoms with Crippen molar-refractivity contribution < 1.29 is 14.6 Å². The molecule has 0 bridgehead atoms. The third kappa shape index (κ3) is 2.12. The predicted molar refractivity (Wildman–Crippen MR) is 66.8 cm³/mol. The Hall–Kier alpha value is -1.48. The van der Waals surface area contributed by atoms with Crippen LogP contribution in [0.15, 0.2) is 6.33 Å². The molecule has 0 aliphatic carbocycles. The second kappa shape index (κ2) is 4.89. The number of ether oxygens (including phenoxy) is 2. The van der Waals surface area contributed by atoms with E-state index in [4.69, 9.17) is 26.2 Å². The van der Waals surface area contributed by atoms with Gasteiger partial charge in [0.2, 0.25) is 5.28 Å². The number of rotatable bonds is 3. The van der Waals surface area contributed by atoms with E-state index >= 15 is 0 Å². The zero-order chi connectivity index (χ0) is 13.4. The third-order valence-corrected chi connectivity index (χ3v) is 2.99. The lowest BCUT2D eigenvalue weighted by Crippen LogP contribution is -2.15. The molecule has 0 spiro atoms. The Kier molecular flexibility index (Phi) is 3.23. The third-order valence-electron chi connectivity index (χ3n) is 2.82. The maximum Gasteiger partial charge on any atom is 0.226 e. The molecule has 2 N–H and O–H groups in total. The molecule has 0 radical (unpaired) electrons. The van der Waals surface area contributed by atoms with Crippen molar-refractivity contribution in [2.24, 2.45) is 0 Å². The SMILES string of the molecule is CNc1nc(Cl)nc2c1ncn2[C@H]1CO[C@@H](CO)O1. The summed E-state index contributed by atoms with van der Waals surface area (Å²) in [5.74, 6) is 0.548. The number of nitrogens with zero attached hydrogens (tertiary/aromatic N) is 4. The summed E-state index contributed by atoms with van der Waals surface area (Å²) in [6.45, 7) is 0.119. The summed E-state index contributed by atoms with van der Waals surface area (Å²) >= 11 is 5.88. The molecule has 1 aliphatic rings. The lowest BCUT2D eigenvalue weighted by Gasteiger charge is -2.11. The van der Waals surface area contributed by atoms with Gasteiger partial charge >= 0.3 is 0 Å². The fourth-order valence-corrected chi connectivity index (χ4v) is 2.12. The standard InChI is InChI=1S/C10H12ClN5O3/c1-12-8-7-9(15-10(11)14-8)16(4-13-7)5-3-18-6(2-17)19-5/h4-6,17H,2-3H2,1H3,(H,12,14,15)/t5-,6-/m1/s1. The normalized spacial score (nSPS) is 23.1. The van der Waals surface area contributed by atoms with E-state index in [-0.39, 0.29) is 11.9 Å². The Balaban J connectivity index is 2.03. The zero-order valence-corrected chi connectivity index (χ0v) is 10.8. The predicted octanol–water partition coefficient (Wildman–Crippen LogP) is 0.385. The number of aliphatic hydroxyl groups excluding tert-OH is 1. The number of aliphatic hydroxyl groups is 1. The summed E-state index contributed by atoms with van der Waals surface area (Å²) < 4.78 is 12.5. The molecule has 0 amide bonds. The van der Waals surface area contributed by atoms with E-state index in [1.54, 1.807) is 17.9 Å². The van der Waals surface area contributed by atoms with Crippen LogP contribution in [0.3, 0.4) is 0 Å². The first-order valence-electron chi connectivity index (χ1n) is 5.68. The quantitative estimate of drug-likeness (QED) is 0.788. The molecule has 1 fully saturated rings. The smallest absolute Gasteiger partial charge is 0.226 e. The van der Waals surface area contributed by atoms with Crippen molar-refractivity contribution in [2.45, 2.75) is 12.5 Å². The van der Waals surface area contributed by atoms with Gasteiger partial charge in [0, 0.05) is 7.05 Å². The summed E-state index contributed by atoms with van der Waals surface area (Å²) in [4.78, 5) is 12.4. The highest BCUT2D eigenvalue weighted by molar-refractivity contribution is 6.28. The monoisotopic (exact) mass is 285 g/mol. The lowest BCUT2D eigenvalue weighted by molar-refractivity contribution is -0.0980. The highest BCUT2D eigenvalue weighted by atomic mass is 35.5. The van der Waals surface area contributed by atoms with Gasteiger partial charge in [-0.2, -0.15) is 9.97 Å². The molecule has 102 valence electrons. The molecule has 3 heterocycles. The molecule has 2 atom stereocenters. The molecule has 1 saturated heterocycles. The van der Waals surface area contributed by atoms with Crippen LogP contribution < -0.4 is 5.32 Å². The topological polar surface area (TPSA) is 94.3 Å². The average molecular weight is 286 g/mol. The van der Waals surface area contributed by atoms with E-state index in [1.807, 2.05) is 0 Å². The fraction of sp³-hybridized carbons (Fsp3) is 0.500. The van der Waals surface area contributed by atoms with Crippen molar-refractivity contribution in [3.05, 3.63) is 11.6 Å². The number of fused-ring (bicyclic) bond motifs is 1. The van der Waals surface area contributed by atoms with E-state index in [0.717, 1.165) is 0 Å². The molecule has 2 aromatic heterocycles. The maximum atomic E-state index is 8.99. The minimum Gasteiger partial charge on any atom is -0.391 e. The van der Waals surface area contributed by atoms with Crippen molar-refractivity contribution in [3.63, 3.8) is 0 Å². The van der Waals surface area contributed by atoms with Gasteiger partial charge in [-0.15, -0.1) is 0 Å². The molecule has 8 nitrogen and oxygen atoms in total. The van der Waals surface area contributed by atoms with Crippen LogP contribution in [0, 0.1) is 0 Å². The van der Waals surface area contributed by atoms with E-state index in [1.165, 1.54) is 0 Å². The van der Waals surface area contributed by atoms with Crippen LogP contribution in [0.1, 0.15) is 6.23 Å². The molecule has 9 heteroatoms. The first-order valence-corrected chi connectivity index (χ1v) is 6.06. The number of halogens is 1. The molecular weight excluding hydrogens is 274 g/mol. The molecule has 0 unspecified atom stereocenters. The van der Waals surface area contributed by atoms with Gasteiger partial charge < -0.3 is 19.9 Å². The minimum atomic E-state index is -0.622. The highest BCUT2D eigenvalue weighted by Crippen LogP contribution is 2.27. The molecule has 2 aromatic rings. The van der Waals surface area contributed by atoms with Crippen molar-refractivity contribution >= 4 is 28.6 Å². The van der Waals surface area contributed by atoms with Crippen LogP contribution in [-0.4, -0.2) is 51.2 Å². The second-order valence-corrected chi connectivity index (χ2v) is 4.29. The maximum absolute atomic E-state index is 8.99. The van der Waals surface area contributed by atoms with E-state index in [9.17, 15) is 0 Å². The fourth-order valence-electron chi connectivity index (χ4n) is 1.96. The molecular formula is C10H12ClN5O3. The Morgan fingerprint density at radius 3 is 3.11 bits per heavy atom. The Labute approximate surface area is 113 Å². The summed E-state index contributed by atoms with van der Waals surface area (Å²) in [6, 6.07) is 0. The number of hydrogen-bond donors (Lipinski definition) is 2. The summed E-state index contributed by atoms with van der Waals surface area (Å²) in [5, 5.41) is 12.0. The molecule has 19 heavy (non-hydrogen) atoms. The largest absolute Gasteiger partial charge is 0.391 e. The van der Waals surface area contributed by atoms with Crippen LogP contribution in [-0.2, 0) is 9.47 Å². The van der Waals surface area contributed by atoms with E-state index < -0.39 is 12.5 Å². The van der Waals surface area contributed by atoms with Gasteiger partial charge in [-0.05, 0) is 11.6 Å². The van der Waals surface area contributed by atoms with Crippen LogP contribution in [0.5, 0.6) is 0 Å². The van der Waals surface area contributed by atoms with Gasteiger partial charge in [-0.3, -0.25) is 4.57 Å². The van der Waals surface area contributed by atoms with Gasteiger partial charge in [0.15, 0.2) is 29.5 Å². The number of imidazole rings is 1. The number of nitrogens with one attached hydrogen (secondary N) is 1. The average Bonchev–Trinajstić information content (AvgIpc) is 3.03. The number of aromatic nitrogens is 4. The van der Waals surface area contributed by atoms with Crippen LogP contribution in [0.2, 0.25) is 5.28 Å². The molecule has 3 rings (SSSR count). The molecule has 1 aliphatic heterocycles. The summed E-state index contributed by atoms with van der Waals surface area (Å²) in [5.41, 5.74) is 1.15. The first kappa shape index (κ1) is 12.5. The Morgan fingerprint density at radius 1 is 1.58 bits per heavy atom. The minimum absolute atomic E-state index is 0.122. The number of hydrogen-bond acceptors (Lipinski definition) is 7. The van der Waals surface area contributed by atoms with Crippen molar-refractivity contribution in [3.8, 4) is 0 Å². The van der Waals surface area contributed by atoms with Crippen molar-refractivity contribution in [1.29, 1.82) is 0 Å². The number of anilines is 1. The molecule has 0 aromatic carbocycles. The van der Waals surface area contributed by atoms with Gasteiger partial charge in [-0.25, -0.2) is 4.98 Å². The summed E-state index contributed by atoms with van der Waals surface area (Å²) in [7, 11) is 1.73. The van der Waals surface area contributed by atoms with Gasteiger partial charge in [0.05, 0.1) is 19.5 Å². The van der Waals surface area contributed by atoms with E-state index in [0.29, 0.717) is 23.6 Å². The zero-order valence-electron chi connectivity index (χ0n) is 10.1. The van der Waals surface area contributed by atoms with Crippen LogP contribution in [0.25, 0.3) is 11.2 Å². The van der Waals surface area contributed by atoms with Crippen molar-refractivity contribution in [1.82, 2.24) is 19.5 Å². The van der Waals surface area contributed by atoms with E-state index in [2.05, 4.69) is 20.3 Å². The van der Waals surface area contributed by atoms with Gasteiger partial charge in [0.1, 0.15) is 0 Å².